The van der Waals surface area contributed by atoms with Gasteiger partial charge in [0.1, 0.15) is 5.78 Å². The van der Waals surface area contributed by atoms with Gasteiger partial charge in [-0.1, -0.05) is 27.6 Å². The highest BCUT2D eigenvalue weighted by atomic mass is 79.9. The van der Waals surface area contributed by atoms with Gasteiger partial charge in [0.15, 0.2) is 0 Å². The highest BCUT2D eigenvalue weighted by Crippen LogP contribution is 2.19. The minimum Gasteiger partial charge on any atom is -0.333 e. The summed E-state index contributed by atoms with van der Waals surface area (Å²) in [6.07, 6.45) is 0. The molecular weight excluding hydrogens is 314 g/mol. The predicted octanol–water partition coefficient (Wildman–Crippen LogP) is 5.13. The number of benzene rings is 1. The zero-order valence-electron chi connectivity index (χ0n) is 14.2. The van der Waals surface area contributed by atoms with Crippen LogP contribution in [0.25, 0.3) is 0 Å². The minimum absolute atomic E-state index is 0.167. The Morgan fingerprint density at radius 3 is 1.45 bits per heavy atom. The second-order valence-corrected chi connectivity index (χ2v) is 5.66. The van der Waals surface area contributed by atoms with Crippen LogP contribution in [0, 0.1) is 20.8 Å². The first-order valence-corrected chi connectivity index (χ1v) is 7.27. The van der Waals surface area contributed by atoms with E-state index in [2.05, 4.69) is 61.1 Å². The summed E-state index contributed by atoms with van der Waals surface area (Å²) < 4.78 is 1.20. The summed E-state index contributed by atoms with van der Waals surface area (Å²) in [7, 11) is 1.50. The Morgan fingerprint density at radius 1 is 0.950 bits per heavy atom. The van der Waals surface area contributed by atoms with Crippen molar-refractivity contribution < 1.29 is 4.79 Å². The lowest BCUT2D eigenvalue weighted by molar-refractivity contribution is -0.114. The molecule has 0 fully saturated rings. The Labute approximate surface area is 133 Å². The number of halogens is 1. The van der Waals surface area contributed by atoms with Gasteiger partial charge in [-0.25, -0.2) is 0 Å². The normalized spacial score (nSPS) is 7.90. The van der Waals surface area contributed by atoms with E-state index >= 15 is 0 Å². The van der Waals surface area contributed by atoms with Crippen molar-refractivity contribution in [2.75, 3.05) is 7.05 Å². The second kappa shape index (κ2) is 14.5. The zero-order chi connectivity index (χ0) is 16.9. The molecule has 0 bridgehead atoms. The number of allylic oxidation sites excluding steroid dienone is 1. The SMILES string of the molecule is C=C(C)C.CC(C)=O.CN.Cc1cc(C)c(Br)cc1C. The van der Waals surface area contributed by atoms with Crippen molar-refractivity contribution in [2.45, 2.75) is 48.5 Å². The van der Waals surface area contributed by atoms with E-state index in [0.29, 0.717) is 0 Å². The van der Waals surface area contributed by atoms with Crippen molar-refractivity contribution in [1.82, 2.24) is 0 Å². The molecule has 2 N–H and O–H groups in total. The van der Waals surface area contributed by atoms with E-state index in [1.807, 2.05) is 13.8 Å². The number of carbonyl (C=O) groups excluding carboxylic acids is 1. The van der Waals surface area contributed by atoms with E-state index in [1.165, 1.54) is 47.6 Å². The van der Waals surface area contributed by atoms with E-state index in [0.717, 1.165) is 0 Å². The Kier molecular flexibility index (Phi) is 17.5. The van der Waals surface area contributed by atoms with Crippen molar-refractivity contribution in [3.05, 3.63) is 45.4 Å². The van der Waals surface area contributed by atoms with E-state index in [-0.39, 0.29) is 5.78 Å². The molecule has 0 aliphatic rings. The molecule has 116 valence electrons. The van der Waals surface area contributed by atoms with Gasteiger partial charge in [-0.05, 0) is 78.3 Å². The lowest BCUT2D eigenvalue weighted by Crippen LogP contribution is -1.83. The van der Waals surface area contributed by atoms with Crippen molar-refractivity contribution in [1.29, 1.82) is 0 Å². The molecule has 0 aromatic heterocycles. The predicted molar refractivity (Wildman–Crippen MR) is 95.3 cm³/mol. The first kappa shape index (κ1) is 24.1. The van der Waals surface area contributed by atoms with Crippen LogP contribution in [-0.2, 0) is 4.79 Å². The van der Waals surface area contributed by atoms with Crippen LogP contribution in [0.4, 0.5) is 0 Å². The molecule has 0 heterocycles. The average molecular weight is 344 g/mol. The van der Waals surface area contributed by atoms with Gasteiger partial charge in [-0.2, -0.15) is 0 Å². The Hall–Kier alpha value is -0.930. The van der Waals surface area contributed by atoms with Crippen molar-refractivity contribution in [3.8, 4) is 0 Å². The fourth-order valence-corrected chi connectivity index (χ4v) is 1.38. The number of ketones is 1. The largest absolute Gasteiger partial charge is 0.333 e. The molecular formula is C17H30BrNO. The number of hydrogen-bond donors (Lipinski definition) is 1. The fourth-order valence-electron chi connectivity index (χ4n) is 0.925. The molecule has 1 aromatic carbocycles. The van der Waals surface area contributed by atoms with Gasteiger partial charge in [-0.3, -0.25) is 0 Å². The summed E-state index contributed by atoms with van der Waals surface area (Å²) in [5, 5.41) is 0. The van der Waals surface area contributed by atoms with Crippen LogP contribution in [0.3, 0.4) is 0 Å². The highest BCUT2D eigenvalue weighted by Gasteiger charge is 1.96. The summed E-state index contributed by atoms with van der Waals surface area (Å²) >= 11 is 3.48. The minimum atomic E-state index is 0.167. The van der Waals surface area contributed by atoms with Crippen LogP contribution in [-0.4, -0.2) is 12.8 Å². The molecule has 0 radical (unpaired) electrons. The monoisotopic (exact) mass is 343 g/mol. The maximum Gasteiger partial charge on any atom is 0.126 e. The number of rotatable bonds is 0. The second-order valence-electron chi connectivity index (χ2n) is 4.80. The van der Waals surface area contributed by atoms with Gasteiger partial charge in [0.2, 0.25) is 0 Å². The molecule has 1 rings (SSSR count). The molecule has 0 aliphatic carbocycles. The summed E-state index contributed by atoms with van der Waals surface area (Å²) in [6.45, 7) is 16.9. The third-order valence-corrected chi connectivity index (χ3v) is 2.63. The Bertz CT molecular complexity index is 341. The number of nitrogens with two attached hydrogens (primary N) is 1. The van der Waals surface area contributed by atoms with Crippen LogP contribution in [0.5, 0.6) is 0 Å². The van der Waals surface area contributed by atoms with E-state index in [1.54, 1.807) is 0 Å². The molecule has 20 heavy (non-hydrogen) atoms. The van der Waals surface area contributed by atoms with Crippen molar-refractivity contribution >= 4 is 21.7 Å². The molecule has 2 nitrogen and oxygen atoms in total. The third-order valence-electron chi connectivity index (χ3n) is 1.77. The fraction of sp³-hybridized carbons (Fsp3) is 0.471. The van der Waals surface area contributed by atoms with Gasteiger partial charge < -0.3 is 10.5 Å². The van der Waals surface area contributed by atoms with Crippen LogP contribution in [0.2, 0.25) is 0 Å². The number of carbonyl (C=O) groups is 1. The van der Waals surface area contributed by atoms with Crippen LogP contribution in [0.1, 0.15) is 44.4 Å². The maximum atomic E-state index is 9.44. The molecule has 0 atom stereocenters. The molecule has 0 unspecified atom stereocenters. The van der Waals surface area contributed by atoms with E-state index in [4.69, 9.17) is 0 Å². The Balaban J connectivity index is -0.000000243. The molecule has 0 amide bonds. The summed E-state index contributed by atoms with van der Waals surface area (Å²) in [5.74, 6) is 0.167. The van der Waals surface area contributed by atoms with Gasteiger partial charge in [0, 0.05) is 4.47 Å². The molecule has 0 saturated carbocycles. The molecule has 1 aromatic rings. The number of aryl methyl sites for hydroxylation is 3. The van der Waals surface area contributed by atoms with Gasteiger partial charge in [-0.15, -0.1) is 6.58 Å². The quantitative estimate of drug-likeness (QED) is 0.663. The van der Waals surface area contributed by atoms with Crippen LogP contribution in [0.15, 0.2) is 28.8 Å². The maximum absolute atomic E-state index is 9.44. The highest BCUT2D eigenvalue weighted by molar-refractivity contribution is 9.10. The van der Waals surface area contributed by atoms with Crippen LogP contribution < -0.4 is 5.73 Å². The summed E-state index contributed by atoms with van der Waals surface area (Å²) in [4.78, 5) is 9.44. The van der Waals surface area contributed by atoms with Crippen molar-refractivity contribution in [3.63, 3.8) is 0 Å². The lowest BCUT2D eigenvalue weighted by Gasteiger charge is -2.02. The van der Waals surface area contributed by atoms with Crippen LogP contribution >= 0.6 is 15.9 Å². The average Bonchev–Trinajstić information content (AvgIpc) is 2.28. The molecule has 0 spiro atoms. The summed E-state index contributed by atoms with van der Waals surface area (Å²) in [5.41, 5.74) is 9.68. The molecule has 0 aliphatic heterocycles. The zero-order valence-corrected chi connectivity index (χ0v) is 15.8. The summed E-state index contributed by atoms with van der Waals surface area (Å²) in [6, 6.07) is 4.35. The van der Waals surface area contributed by atoms with Gasteiger partial charge >= 0.3 is 0 Å². The first-order valence-electron chi connectivity index (χ1n) is 6.48. The van der Waals surface area contributed by atoms with E-state index in [9.17, 15) is 4.79 Å². The first-order chi connectivity index (χ1) is 9.07. The number of hydrogen-bond acceptors (Lipinski definition) is 2. The molecule has 0 saturated heterocycles. The molecule has 3 heteroatoms. The third kappa shape index (κ3) is 19.4. The van der Waals surface area contributed by atoms with E-state index < -0.39 is 0 Å². The number of Topliss-reactive ketones (excluding diaryl/α,β-unsaturated/α-hetero) is 1. The standard InChI is InChI=1S/C9H11Br.C4H8.C3H6O.CH5N/c1-6-4-8(3)9(10)5-7(6)2;1-4(2)3;1-3(2)4;1-2/h4-5H,1-3H3;1H2,2-3H3;1-2H3;2H2,1H3. The van der Waals surface area contributed by atoms with Gasteiger partial charge in [0.05, 0.1) is 0 Å². The Morgan fingerprint density at radius 2 is 1.20 bits per heavy atom. The van der Waals surface area contributed by atoms with Gasteiger partial charge in [0.25, 0.3) is 0 Å². The smallest absolute Gasteiger partial charge is 0.126 e. The topological polar surface area (TPSA) is 43.1 Å². The van der Waals surface area contributed by atoms with Crippen molar-refractivity contribution in [2.24, 2.45) is 5.73 Å². The lowest BCUT2D eigenvalue weighted by atomic mass is 10.1.